The van der Waals surface area contributed by atoms with Gasteiger partial charge in [0, 0.05) is 12.6 Å². The van der Waals surface area contributed by atoms with Crippen molar-refractivity contribution in [2.24, 2.45) is 0 Å². The second kappa shape index (κ2) is 4.25. The van der Waals surface area contributed by atoms with E-state index in [1.165, 1.54) is 4.90 Å². The minimum atomic E-state index is -1.03. The summed E-state index contributed by atoms with van der Waals surface area (Å²) in [5.41, 5.74) is 1.32. The Bertz CT molecular complexity index is 391. The Morgan fingerprint density at radius 3 is 3.06 bits per heavy atom. The zero-order valence-corrected chi connectivity index (χ0v) is 9.11. The number of nitrogens with zero attached hydrogens (tertiary/aromatic N) is 1. The number of carbonyl (C=O) groups excluding carboxylic acids is 1. The molecule has 1 saturated heterocycles. The molecule has 2 rings (SSSR count). The molecule has 0 saturated carbocycles. The van der Waals surface area contributed by atoms with Gasteiger partial charge in [0.1, 0.15) is 11.9 Å². The van der Waals surface area contributed by atoms with Crippen molar-refractivity contribution in [2.45, 2.75) is 25.6 Å². The molecule has 16 heavy (non-hydrogen) atoms. The van der Waals surface area contributed by atoms with E-state index in [1.54, 1.807) is 12.3 Å². The summed E-state index contributed by atoms with van der Waals surface area (Å²) in [4.78, 5) is 16.3. The number of aromatic amines is 1. The summed E-state index contributed by atoms with van der Waals surface area (Å²) in [7, 11) is 0. The molecule has 1 aliphatic heterocycles. The lowest BCUT2D eigenvalue weighted by atomic mass is 10.2. The number of alkyl halides is 1. The van der Waals surface area contributed by atoms with Crippen molar-refractivity contribution >= 4 is 5.91 Å². The Balaban J connectivity index is 2.19. The van der Waals surface area contributed by atoms with Gasteiger partial charge in [-0.25, -0.2) is 4.39 Å². The van der Waals surface area contributed by atoms with Crippen LogP contribution in [0.25, 0.3) is 0 Å². The van der Waals surface area contributed by atoms with Gasteiger partial charge in [-0.3, -0.25) is 4.79 Å². The number of rotatable bonds is 2. The molecule has 0 unspecified atom stereocenters. The molecule has 88 valence electrons. The first-order valence-electron chi connectivity index (χ1n) is 5.33. The average Bonchev–Trinajstić information content (AvgIpc) is 2.83. The van der Waals surface area contributed by atoms with Gasteiger partial charge < -0.3 is 15.0 Å². The van der Waals surface area contributed by atoms with Crippen LogP contribution in [0.3, 0.4) is 0 Å². The maximum atomic E-state index is 13.2. The molecule has 2 N–H and O–H groups in total. The highest BCUT2D eigenvalue weighted by atomic mass is 19.1. The van der Waals surface area contributed by atoms with E-state index in [0.29, 0.717) is 5.69 Å². The minimum absolute atomic E-state index is 0.0719. The number of hydrogen-bond donors (Lipinski definition) is 2. The van der Waals surface area contributed by atoms with Crippen molar-refractivity contribution in [1.82, 2.24) is 9.88 Å². The molecule has 2 heterocycles. The van der Waals surface area contributed by atoms with E-state index in [1.807, 2.05) is 6.92 Å². The Labute approximate surface area is 93.1 Å². The first kappa shape index (κ1) is 11.1. The van der Waals surface area contributed by atoms with Crippen LogP contribution in [0.2, 0.25) is 0 Å². The molecule has 1 aromatic rings. The van der Waals surface area contributed by atoms with Gasteiger partial charge in [-0.15, -0.1) is 0 Å². The quantitative estimate of drug-likeness (QED) is 0.786. The molecular weight excluding hydrogens is 211 g/mol. The lowest BCUT2D eigenvalue weighted by Crippen LogP contribution is -2.38. The zero-order valence-electron chi connectivity index (χ0n) is 9.11. The van der Waals surface area contributed by atoms with Crippen molar-refractivity contribution in [2.75, 3.05) is 13.2 Å². The number of aryl methyl sites for hydroxylation is 1. The van der Waals surface area contributed by atoms with Crippen LogP contribution in [-0.4, -0.2) is 46.3 Å². The number of aliphatic hydroxyl groups is 1. The van der Waals surface area contributed by atoms with Crippen molar-refractivity contribution < 1.29 is 14.3 Å². The van der Waals surface area contributed by atoms with E-state index in [0.717, 1.165) is 5.56 Å². The van der Waals surface area contributed by atoms with E-state index in [-0.39, 0.29) is 25.5 Å². The van der Waals surface area contributed by atoms with Crippen LogP contribution in [0.15, 0.2) is 12.3 Å². The topological polar surface area (TPSA) is 56.3 Å². The Morgan fingerprint density at radius 2 is 2.50 bits per heavy atom. The molecule has 0 spiro atoms. The average molecular weight is 226 g/mol. The fourth-order valence-electron chi connectivity index (χ4n) is 2.10. The summed E-state index contributed by atoms with van der Waals surface area (Å²) in [5.74, 6) is -0.235. The summed E-state index contributed by atoms with van der Waals surface area (Å²) < 4.78 is 13.2. The third-order valence-corrected chi connectivity index (χ3v) is 3.00. The Kier molecular flexibility index (Phi) is 2.96. The summed E-state index contributed by atoms with van der Waals surface area (Å²) >= 11 is 0. The molecular formula is C11H15FN2O2. The zero-order chi connectivity index (χ0) is 11.7. The summed E-state index contributed by atoms with van der Waals surface area (Å²) in [6, 6.07) is 1.40. The number of H-pyrrole nitrogens is 1. The van der Waals surface area contributed by atoms with Crippen LogP contribution >= 0.6 is 0 Å². The molecule has 1 aliphatic rings. The van der Waals surface area contributed by atoms with Crippen LogP contribution in [0.4, 0.5) is 4.39 Å². The van der Waals surface area contributed by atoms with Gasteiger partial charge in [0.2, 0.25) is 0 Å². The number of amides is 1. The standard InChI is InChI=1S/C11H15FN2O2/c1-7-2-3-13-10(7)11(16)14-5-8(12)4-9(14)6-15/h2-3,8-9,13,15H,4-6H2,1H3/t8-,9-/m0/s1. The molecule has 1 amide bonds. The third-order valence-electron chi connectivity index (χ3n) is 3.00. The lowest BCUT2D eigenvalue weighted by Gasteiger charge is -2.22. The molecule has 1 aromatic heterocycles. The third kappa shape index (κ3) is 1.82. The second-order valence-corrected chi connectivity index (χ2v) is 4.16. The van der Waals surface area contributed by atoms with Crippen molar-refractivity contribution in [1.29, 1.82) is 0 Å². The number of aromatic nitrogens is 1. The fraction of sp³-hybridized carbons (Fsp3) is 0.545. The lowest BCUT2D eigenvalue weighted by molar-refractivity contribution is 0.0667. The number of halogens is 1. The van der Waals surface area contributed by atoms with Gasteiger partial charge in [-0.05, 0) is 18.6 Å². The highest BCUT2D eigenvalue weighted by molar-refractivity contribution is 5.94. The van der Waals surface area contributed by atoms with Gasteiger partial charge >= 0.3 is 0 Å². The van der Waals surface area contributed by atoms with Gasteiger partial charge in [-0.2, -0.15) is 0 Å². The maximum Gasteiger partial charge on any atom is 0.270 e. The summed E-state index contributed by atoms with van der Waals surface area (Å²) in [6.07, 6.45) is 0.873. The molecule has 4 nitrogen and oxygen atoms in total. The minimum Gasteiger partial charge on any atom is -0.394 e. The Hall–Kier alpha value is -1.36. The van der Waals surface area contributed by atoms with Crippen LogP contribution in [0.5, 0.6) is 0 Å². The van der Waals surface area contributed by atoms with Crippen LogP contribution < -0.4 is 0 Å². The highest BCUT2D eigenvalue weighted by Crippen LogP contribution is 2.22. The first-order valence-corrected chi connectivity index (χ1v) is 5.33. The molecule has 5 heteroatoms. The van der Waals surface area contributed by atoms with Crippen LogP contribution in [0.1, 0.15) is 22.5 Å². The van der Waals surface area contributed by atoms with E-state index < -0.39 is 12.2 Å². The van der Waals surface area contributed by atoms with E-state index in [9.17, 15) is 9.18 Å². The van der Waals surface area contributed by atoms with Gasteiger partial charge in [0.15, 0.2) is 0 Å². The SMILES string of the molecule is Cc1cc[nH]c1C(=O)N1C[C@@H](F)C[C@H]1CO. The van der Waals surface area contributed by atoms with E-state index >= 15 is 0 Å². The molecule has 0 radical (unpaired) electrons. The van der Waals surface area contributed by atoms with Crippen LogP contribution in [0, 0.1) is 6.92 Å². The van der Waals surface area contributed by atoms with Gasteiger partial charge in [-0.1, -0.05) is 0 Å². The predicted octanol–water partition coefficient (Wildman–Crippen LogP) is 0.868. The highest BCUT2D eigenvalue weighted by Gasteiger charge is 2.35. The molecule has 0 aliphatic carbocycles. The smallest absolute Gasteiger partial charge is 0.270 e. The summed E-state index contributed by atoms with van der Waals surface area (Å²) in [5, 5.41) is 9.10. The molecule has 0 aromatic carbocycles. The summed E-state index contributed by atoms with van der Waals surface area (Å²) in [6.45, 7) is 1.70. The normalized spacial score (nSPS) is 25.1. The molecule has 2 atom stereocenters. The molecule has 1 fully saturated rings. The van der Waals surface area contributed by atoms with Crippen LogP contribution in [-0.2, 0) is 0 Å². The number of likely N-dealkylation sites (tertiary alicyclic amines) is 1. The maximum absolute atomic E-state index is 13.2. The van der Waals surface area contributed by atoms with E-state index in [2.05, 4.69) is 4.98 Å². The monoisotopic (exact) mass is 226 g/mol. The van der Waals surface area contributed by atoms with E-state index in [4.69, 9.17) is 5.11 Å². The van der Waals surface area contributed by atoms with Gasteiger partial charge in [0.05, 0.1) is 19.2 Å². The van der Waals surface area contributed by atoms with Gasteiger partial charge in [0.25, 0.3) is 5.91 Å². The fourth-order valence-corrected chi connectivity index (χ4v) is 2.10. The van der Waals surface area contributed by atoms with Crippen molar-refractivity contribution in [3.63, 3.8) is 0 Å². The number of aliphatic hydroxyl groups excluding tert-OH is 1. The predicted molar refractivity (Wildman–Crippen MR) is 57.0 cm³/mol. The van der Waals surface area contributed by atoms with Crippen molar-refractivity contribution in [3.8, 4) is 0 Å². The second-order valence-electron chi connectivity index (χ2n) is 4.16. The number of nitrogens with one attached hydrogen (secondary N) is 1. The first-order chi connectivity index (χ1) is 7.63. The number of carbonyl (C=O) groups is 1. The largest absolute Gasteiger partial charge is 0.394 e. The molecule has 0 bridgehead atoms. The number of hydrogen-bond acceptors (Lipinski definition) is 2. The Morgan fingerprint density at radius 1 is 1.75 bits per heavy atom. The van der Waals surface area contributed by atoms with Crippen molar-refractivity contribution in [3.05, 3.63) is 23.5 Å².